The van der Waals surface area contributed by atoms with E-state index in [9.17, 15) is 13.6 Å². The maximum absolute atomic E-state index is 12.5. The zero-order valence-electron chi connectivity index (χ0n) is 16.9. The minimum Gasteiger partial charge on any atom is -0.493 e. The standard InChI is InChI=1S/C21H26F2N2O3S/c1-14(20(26)24-16-6-8-17(9-7-16)29-21(22)23)25(2)12-11-15-5-10-18(27-3)19(13-15)28-4/h5-10,13-14,21H,11-12H2,1-4H3,(H,24,26)/t14-/m1/s1. The minimum absolute atomic E-state index is 0.158. The van der Waals surface area contributed by atoms with Gasteiger partial charge in [-0.15, -0.1) is 0 Å². The van der Waals surface area contributed by atoms with Crippen molar-refractivity contribution in [2.24, 2.45) is 0 Å². The van der Waals surface area contributed by atoms with E-state index in [0.717, 1.165) is 12.0 Å². The molecule has 2 aromatic rings. The number of alkyl halides is 2. The first-order valence-electron chi connectivity index (χ1n) is 9.11. The number of benzene rings is 2. The lowest BCUT2D eigenvalue weighted by Crippen LogP contribution is -2.40. The fourth-order valence-corrected chi connectivity index (χ4v) is 3.20. The Balaban J connectivity index is 1.88. The van der Waals surface area contributed by atoms with Gasteiger partial charge >= 0.3 is 0 Å². The lowest BCUT2D eigenvalue weighted by Gasteiger charge is -2.24. The normalized spacial score (nSPS) is 12.1. The number of ether oxygens (including phenoxy) is 2. The summed E-state index contributed by atoms with van der Waals surface area (Å²) in [5.41, 5.74) is 1.66. The van der Waals surface area contributed by atoms with Crippen LogP contribution in [0.15, 0.2) is 47.4 Å². The molecule has 5 nitrogen and oxygen atoms in total. The molecule has 29 heavy (non-hydrogen) atoms. The number of anilines is 1. The van der Waals surface area contributed by atoms with Crippen LogP contribution in [0.5, 0.6) is 11.5 Å². The summed E-state index contributed by atoms with van der Waals surface area (Å²) < 4.78 is 35.3. The third kappa shape index (κ3) is 6.90. The van der Waals surface area contributed by atoms with Gasteiger partial charge in [0.25, 0.3) is 5.76 Å². The number of thioether (sulfide) groups is 1. The van der Waals surface area contributed by atoms with Gasteiger partial charge in [0.2, 0.25) is 5.91 Å². The van der Waals surface area contributed by atoms with E-state index in [1.165, 1.54) is 0 Å². The van der Waals surface area contributed by atoms with E-state index in [1.54, 1.807) is 38.5 Å². The Bertz CT molecular complexity index is 803. The molecular weight excluding hydrogens is 398 g/mol. The van der Waals surface area contributed by atoms with Crippen molar-refractivity contribution in [2.75, 3.05) is 33.1 Å². The minimum atomic E-state index is -2.46. The van der Waals surface area contributed by atoms with Crippen LogP contribution in [0.25, 0.3) is 0 Å². The monoisotopic (exact) mass is 424 g/mol. The second kappa shape index (κ2) is 11.0. The Labute approximate surface area is 174 Å². The number of amides is 1. The van der Waals surface area contributed by atoms with E-state index in [0.29, 0.717) is 40.4 Å². The Morgan fingerprint density at radius 1 is 1.10 bits per heavy atom. The maximum Gasteiger partial charge on any atom is 0.288 e. The molecule has 0 fully saturated rings. The van der Waals surface area contributed by atoms with Gasteiger partial charge in [-0.3, -0.25) is 9.69 Å². The molecule has 8 heteroatoms. The van der Waals surface area contributed by atoms with Crippen LogP contribution in [-0.4, -0.2) is 50.4 Å². The predicted octanol–water partition coefficient (Wildman–Crippen LogP) is 4.52. The smallest absolute Gasteiger partial charge is 0.288 e. The lowest BCUT2D eigenvalue weighted by molar-refractivity contribution is -0.120. The van der Waals surface area contributed by atoms with Gasteiger partial charge in [0.05, 0.1) is 20.3 Å². The fraction of sp³-hybridized carbons (Fsp3) is 0.381. The van der Waals surface area contributed by atoms with Crippen molar-refractivity contribution in [2.45, 2.75) is 30.0 Å². The first-order chi connectivity index (χ1) is 13.8. The highest BCUT2D eigenvalue weighted by molar-refractivity contribution is 7.99. The largest absolute Gasteiger partial charge is 0.493 e. The number of nitrogens with one attached hydrogen (secondary N) is 1. The number of hydrogen-bond acceptors (Lipinski definition) is 5. The quantitative estimate of drug-likeness (QED) is 0.569. The van der Waals surface area contributed by atoms with Crippen molar-refractivity contribution >= 4 is 23.4 Å². The number of halogens is 2. The van der Waals surface area contributed by atoms with Crippen molar-refractivity contribution in [3.8, 4) is 11.5 Å². The van der Waals surface area contributed by atoms with Crippen LogP contribution in [0.2, 0.25) is 0 Å². The summed E-state index contributed by atoms with van der Waals surface area (Å²) in [7, 11) is 5.07. The molecule has 0 spiro atoms. The van der Waals surface area contributed by atoms with Gasteiger partial charge in [-0.25, -0.2) is 0 Å². The molecule has 1 N–H and O–H groups in total. The third-order valence-corrected chi connectivity index (χ3v) is 5.31. The molecule has 2 rings (SSSR count). The third-order valence-electron chi connectivity index (χ3n) is 4.59. The van der Waals surface area contributed by atoms with Gasteiger partial charge in [-0.2, -0.15) is 8.78 Å². The highest BCUT2D eigenvalue weighted by Gasteiger charge is 2.18. The molecular formula is C21H26F2N2O3S. The van der Waals surface area contributed by atoms with Gasteiger partial charge in [-0.05, 0) is 62.4 Å². The molecule has 0 heterocycles. The fourth-order valence-electron chi connectivity index (χ4n) is 2.70. The molecule has 0 bridgehead atoms. The van der Waals surface area contributed by atoms with E-state index >= 15 is 0 Å². The van der Waals surface area contributed by atoms with E-state index in [1.807, 2.05) is 37.1 Å². The number of methoxy groups -OCH3 is 2. The van der Waals surface area contributed by atoms with Gasteiger partial charge in [0.15, 0.2) is 11.5 Å². The number of carbonyl (C=O) groups is 1. The van der Waals surface area contributed by atoms with Crippen LogP contribution in [0.4, 0.5) is 14.5 Å². The molecule has 1 atom stereocenters. The van der Waals surface area contributed by atoms with Crippen molar-refractivity contribution in [3.05, 3.63) is 48.0 Å². The van der Waals surface area contributed by atoms with E-state index in [2.05, 4.69) is 5.32 Å². The zero-order chi connectivity index (χ0) is 21.4. The molecule has 0 aliphatic rings. The molecule has 1 amide bonds. The summed E-state index contributed by atoms with van der Waals surface area (Å²) >= 11 is 0.475. The molecule has 158 valence electrons. The first-order valence-corrected chi connectivity index (χ1v) is 9.99. The highest BCUT2D eigenvalue weighted by Crippen LogP contribution is 2.28. The molecule has 0 aliphatic carbocycles. The predicted molar refractivity (Wildman–Crippen MR) is 112 cm³/mol. The van der Waals surface area contributed by atoms with E-state index < -0.39 is 5.76 Å². The first kappa shape index (κ1) is 23.0. The molecule has 0 aliphatic heterocycles. The van der Waals surface area contributed by atoms with Crippen LogP contribution < -0.4 is 14.8 Å². The van der Waals surface area contributed by atoms with Crippen molar-refractivity contribution < 1.29 is 23.0 Å². The van der Waals surface area contributed by atoms with Crippen molar-refractivity contribution in [1.82, 2.24) is 4.90 Å². The Morgan fingerprint density at radius 3 is 2.34 bits per heavy atom. The second-order valence-electron chi connectivity index (χ2n) is 6.49. The SMILES string of the molecule is COc1ccc(CCN(C)[C@H](C)C(=O)Nc2ccc(SC(F)F)cc2)cc1OC. The molecule has 2 aromatic carbocycles. The molecule has 0 aromatic heterocycles. The van der Waals surface area contributed by atoms with Crippen LogP contribution in [0.3, 0.4) is 0 Å². The van der Waals surface area contributed by atoms with Crippen molar-refractivity contribution in [1.29, 1.82) is 0 Å². The highest BCUT2D eigenvalue weighted by atomic mass is 32.2. The Kier molecular flexibility index (Phi) is 8.72. The van der Waals surface area contributed by atoms with Crippen LogP contribution in [0.1, 0.15) is 12.5 Å². The molecule has 0 saturated carbocycles. The van der Waals surface area contributed by atoms with Gasteiger partial charge < -0.3 is 14.8 Å². The summed E-state index contributed by atoms with van der Waals surface area (Å²) in [6, 6.07) is 11.8. The Hall–Kier alpha value is -2.32. The van der Waals surface area contributed by atoms with E-state index in [-0.39, 0.29) is 11.9 Å². The molecule has 0 saturated heterocycles. The maximum atomic E-state index is 12.5. The van der Waals surface area contributed by atoms with Crippen LogP contribution in [0, 0.1) is 0 Å². The van der Waals surface area contributed by atoms with Gasteiger partial charge in [-0.1, -0.05) is 17.8 Å². The lowest BCUT2D eigenvalue weighted by atomic mass is 10.1. The summed E-state index contributed by atoms with van der Waals surface area (Å²) in [5, 5.41) is 2.82. The average molecular weight is 425 g/mol. The number of nitrogens with zero attached hydrogens (tertiary/aromatic N) is 1. The second-order valence-corrected chi connectivity index (χ2v) is 7.55. The van der Waals surface area contributed by atoms with E-state index in [4.69, 9.17) is 9.47 Å². The molecule has 0 radical (unpaired) electrons. The average Bonchev–Trinajstić information content (AvgIpc) is 2.72. The summed E-state index contributed by atoms with van der Waals surface area (Å²) in [5.74, 6) is -1.27. The van der Waals surface area contributed by atoms with Crippen molar-refractivity contribution in [3.63, 3.8) is 0 Å². The van der Waals surface area contributed by atoms with Gasteiger partial charge in [0, 0.05) is 17.1 Å². The number of likely N-dealkylation sites (N-methyl/N-ethyl adjacent to an activating group) is 1. The van der Waals surface area contributed by atoms with Crippen LogP contribution in [-0.2, 0) is 11.2 Å². The van der Waals surface area contributed by atoms with Gasteiger partial charge in [0.1, 0.15) is 0 Å². The Morgan fingerprint density at radius 2 is 1.76 bits per heavy atom. The zero-order valence-corrected chi connectivity index (χ0v) is 17.8. The number of carbonyl (C=O) groups excluding carboxylic acids is 1. The number of hydrogen-bond donors (Lipinski definition) is 1. The number of rotatable bonds is 10. The van der Waals surface area contributed by atoms with Crippen LogP contribution >= 0.6 is 11.8 Å². The molecule has 0 unspecified atom stereocenters. The summed E-state index contributed by atoms with van der Waals surface area (Å²) in [6.45, 7) is 2.50. The topological polar surface area (TPSA) is 50.8 Å². The summed E-state index contributed by atoms with van der Waals surface area (Å²) in [6.07, 6.45) is 0.744. The summed E-state index contributed by atoms with van der Waals surface area (Å²) in [4.78, 5) is 14.9.